The Labute approximate surface area is 35.0 Å². The molecule has 1 heterocycles. The lowest BCUT2D eigenvalue weighted by atomic mass is 11.2. The molecule has 0 amide bonds. The van der Waals surface area contributed by atoms with Gasteiger partial charge in [0.2, 0.25) is 0 Å². The van der Waals surface area contributed by atoms with Crippen LogP contribution in [0.4, 0.5) is 0 Å². The highest BCUT2D eigenvalue weighted by atomic mass is 16.5. The molecule has 2 N–H and O–H groups in total. The molecule has 6 heavy (non-hydrogen) atoms. The molecule has 0 aromatic rings. The van der Waals surface area contributed by atoms with Gasteiger partial charge < -0.3 is 0 Å². The minimum atomic E-state index is 0.483. The van der Waals surface area contributed by atoms with E-state index in [0.29, 0.717) is 6.67 Å². The molecule has 4 nitrogen and oxygen atoms in total. The van der Waals surface area contributed by atoms with Gasteiger partial charge in [-0.15, -0.1) is 0 Å². The third kappa shape index (κ3) is 0.474. The van der Waals surface area contributed by atoms with E-state index in [1.165, 1.54) is 6.34 Å². The van der Waals surface area contributed by atoms with Crippen LogP contribution in [0.15, 0.2) is 4.99 Å². The Morgan fingerprint density at radius 2 is 2.83 bits per heavy atom. The standard InChI is InChI=1S/C2H5N3O/c6-5-2-3-1-4-5/h2,4,6H,1H2. The van der Waals surface area contributed by atoms with Gasteiger partial charge in [-0.3, -0.25) is 10.2 Å². The van der Waals surface area contributed by atoms with Crippen molar-refractivity contribution in [2.75, 3.05) is 6.67 Å². The van der Waals surface area contributed by atoms with Crippen molar-refractivity contribution < 1.29 is 5.21 Å². The van der Waals surface area contributed by atoms with Crippen LogP contribution in [0.2, 0.25) is 0 Å². The lowest BCUT2D eigenvalue weighted by molar-refractivity contribution is -0.0457. The molecule has 0 saturated carbocycles. The summed E-state index contributed by atoms with van der Waals surface area (Å²) in [4.78, 5) is 3.60. The fourth-order valence-electron chi connectivity index (χ4n) is 0.272. The highest BCUT2D eigenvalue weighted by Gasteiger charge is 1.94. The van der Waals surface area contributed by atoms with Gasteiger partial charge in [0.25, 0.3) is 0 Å². The summed E-state index contributed by atoms with van der Waals surface area (Å²) in [6.07, 6.45) is 1.31. The number of nitrogens with zero attached hydrogens (tertiary/aromatic N) is 2. The fourth-order valence-corrected chi connectivity index (χ4v) is 0.272. The second kappa shape index (κ2) is 1.24. The van der Waals surface area contributed by atoms with Crippen LogP contribution >= 0.6 is 0 Å². The Bertz CT molecular complexity index is 71.2. The zero-order valence-electron chi connectivity index (χ0n) is 3.13. The van der Waals surface area contributed by atoms with Crippen LogP contribution < -0.4 is 5.43 Å². The van der Waals surface area contributed by atoms with Crippen LogP contribution in [0.25, 0.3) is 0 Å². The van der Waals surface area contributed by atoms with Crippen LogP contribution in [0.3, 0.4) is 0 Å². The van der Waals surface area contributed by atoms with Crippen LogP contribution in [0.1, 0.15) is 0 Å². The van der Waals surface area contributed by atoms with E-state index in [2.05, 4.69) is 10.4 Å². The molecule has 0 atom stereocenters. The normalized spacial score (nSPS) is 19.8. The van der Waals surface area contributed by atoms with Crippen molar-refractivity contribution in [2.24, 2.45) is 4.99 Å². The summed E-state index contributed by atoms with van der Waals surface area (Å²) < 4.78 is 0. The Morgan fingerprint density at radius 1 is 2.00 bits per heavy atom. The Kier molecular flexibility index (Phi) is 0.736. The summed E-state index contributed by atoms with van der Waals surface area (Å²) in [6, 6.07) is 0. The molecule has 0 radical (unpaired) electrons. The van der Waals surface area contributed by atoms with Gasteiger partial charge in [0.1, 0.15) is 13.0 Å². The number of hydrogen-bond donors (Lipinski definition) is 2. The number of aliphatic imine (C=N–C) groups is 1. The van der Waals surface area contributed by atoms with E-state index in [9.17, 15) is 0 Å². The molecular formula is C2H5N3O. The second-order valence-electron chi connectivity index (χ2n) is 0.959. The van der Waals surface area contributed by atoms with Crippen LogP contribution in [0.5, 0.6) is 0 Å². The Hall–Kier alpha value is -0.610. The number of hydrazine groups is 1. The van der Waals surface area contributed by atoms with Crippen LogP contribution in [-0.2, 0) is 0 Å². The molecule has 0 unspecified atom stereocenters. The molecule has 0 spiro atoms. The first-order chi connectivity index (χ1) is 2.89. The maximum atomic E-state index is 8.30. The molecule has 0 saturated heterocycles. The maximum Gasteiger partial charge on any atom is 0.130 e. The van der Waals surface area contributed by atoms with Crippen molar-refractivity contribution >= 4 is 6.34 Å². The van der Waals surface area contributed by atoms with Gasteiger partial charge in [0.15, 0.2) is 0 Å². The Balaban J connectivity index is 2.38. The molecule has 0 aromatic heterocycles. The molecule has 0 aliphatic carbocycles. The topological polar surface area (TPSA) is 47.9 Å². The van der Waals surface area contributed by atoms with Gasteiger partial charge in [0.05, 0.1) is 0 Å². The summed E-state index contributed by atoms with van der Waals surface area (Å²) in [5.74, 6) is 0. The summed E-state index contributed by atoms with van der Waals surface area (Å²) in [7, 11) is 0. The van der Waals surface area contributed by atoms with Crippen LogP contribution in [0, 0.1) is 0 Å². The van der Waals surface area contributed by atoms with E-state index in [0.717, 1.165) is 5.17 Å². The van der Waals surface area contributed by atoms with Crippen molar-refractivity contribution in [3.05, 3.63) is 0 Å². The molecular weight excluding hydrogens is 82.0 g/mol. The monoisotopic (exact) mass is 87.0 g/mol. The fraction of sp³-hybridized carbons (Fsp3) is 0.500. The predicted octanol–water partition coefficient (Wildman–Crippen LogP) is -0.818. The van der Waals surface area contributed by atoms with Gasteiger partial charge in [0, 0.05) is 0 Å². The summed E-state index contributed by atoms with van der Waals surface area (Å²) in [5.41, 5.74) is 2.49. The van der Waals surface area contributed by atoms with Crippen molar-refractivity contribution in [2.45, 2.75) is 0 Å². The highest BCUT2D eigenvalue weighted by molar-refractivity contribution is 5.53. The predicted molar refractivity (Wildman–Crippen MR) is 20.1 cm³/mol. The van der Waals surface area contributed by atoms with Crippen molar-refractivity contribution in [3.8, 4) is 0 Å². The minimum absolute atomic E-state index is 0.483. The van der Waals surface area contributed by atoms with E-state index in [-0.39, 0.29) is 0 Å². The van der Waals surface area contributed by atoms with E-state index in [4.69, 9.17) is 5.21 Å². The molecule has 1 aliphatic heterocycles. The molecule has 0 aromatic carbocycles. The summed E-state index contributed by atoms with van der Waals surface area (Å²) >= 11 is 0. The van der Waals surface area contributed by atoms with Crippen molar-refractivity contribution in [1.82, 2.24) is 10.6 Å². The van der Waals surface area contributed by atoms with E-state index < -0.39 is 0 Å². The molecule has 34 valence electrons. The van der Waals surface area contributed by atoms with E-state index in [1.54, 1.807) is 0 Å². The third-order valence-electron chi connectivity index (χ3n) is 0.515. The van der Waals surface area contributed by atoms with Crippen molar-refractivity contribution in [1.29, 1.82) is 0 Å². The lowest BCUT2D eigenvalue weighted by Crippen LogP contribution is -2.27. The van der Waals surface area contributed by atoms with Crippen LogP contribution in [-0.4, -0.2) is 23.4 Å². The lowest BCUT2D eigenvalue weighted by Gasteiger charge is -1.99. The van der Waals surface area contributed by atoms with E-state index >= 15 is 0 Å². The summed E-state index contributed by atoms with van der Waals surface area (Å²) in [5, 5.41) is 9.12. The summed E-state index contributed by atoms with van der Waals surface area (Å²) in [6.45, 7) is 0.483. The average molecular weight is 87.1 g/mol. The number of nitrogens with one attached hydrogen (secondary N) is 1. The minimum Gasteiger partial charge on any atom is -0.272 e. The molecule has 1 aliphatic rings. The van der Waals surface area contributed by atoms with E-state index in [1.807, 2.05) is 0 Å². The van der Waals surface area contributed by atoms with Gasteiger partial charge in [-0.05, 0) is 0 Å². The quantitative estimate of drug-likeness (QED) is 0.406. The largest absolute Gasteiger partial charge is 0.272 e. The first-order valence-electron chi connectivity index (χ1n) is 1.61. The molecule has 4 heteroatoms. The smallest absolute Gasteiger partial charge is 0.130 e. The first kappa shape index (κ1) is 3.58. The van der Waals surface area contributed by atoms with Gasteiger partial charge in [-0.2, -0.15) is 10.6 Å². The van der Waals surface area contributed by atoms with Crippen molar-refractivity contribution in [3.63, 3.8) is 0 Å². The molecule has 0 fully saturated rings. The highest BCUT2D eigenvalue weighted by Crippen LogP contribution is 1.75. The second-order valence-corrected chi connectivity index (χ2v) is 0.959. The maximum absolute atomic E-state index is 8.30. The number of hydrogen-bond acceptors (Lipinski definition) is 4. The molecule has 0 bridgehead atoms. The molecule has 1 rings (SSSR count). The average Bonchev–Trinajstić information content (AvgIpc) is 1.86. The zero-order chi connectivity index (χ0) is 4.41. The zero-order valence-corrected chi connectivity index (χ0v) is 3.13. The number of rotatable bonds is 0. The van der Waals surface area contributed by atoms with Gasteiger partial charge >= 0.3 is 0 Å². The number of hydroxylamine groups is 1. The SMILES string of the molecule is ON1C=NCN1. The first-order valence-corrected chi connectivity index (χ1v) is 1.61. The Morgan fingerprint density at radius 3 is 3.00 bits per heavy atom. The van der Waals surface area contributed by atoms with Gasteiger partial charge in [-0.25, -0.2) is 0 Å². The van der Waals surface area contributed by atoms with Gasteiger partial charge in [-0.1, -0.05) is 0 Å². The third-order valence-corrected chi connectivity index (χ3v) is 0.515.